The van der Waals surface area contributed by atoms with Crippen molar-refractivity contribution in [2.24, 2.45) is 0 Å². The molecule has 1 N–H and O–H groups in total. The summed E-state index contributed by atoms with van der Waals surface area (Å²) in [6, 6.07) is 8.29. The van der Waals surface area contributed by atoms with E-state index in [-0.39, 0.29) is 0 Å². The zero-order chi connectivity index (χ0) is 13.0. The number of aliphatic carboxylic acids is 1. The van der Waals surface area contributed by atoms with Gasteiger partial charge >= 0.3 is 5.97 Å². The van der Waals surface area contributed by atoms with E-state index in [9.17, 15) is 4.79 Å². The van der Waals surface area contributed by atoms with Gasteiger partial charge in [0.05, 0.1) is 0 Å². The molecule has 0 saturated carbocycles. The van der Waals surface area contributed by atoms with Crippen LogP contribution in [0.25, 0.3) is 0 Å². The summed E-state index contributed by atoms with van der Waals surface area (Å²) in [7, 11) is 0. The van der Waals surface area contributed by atoms with Crippen LogP contribution < -0.4 is 4.90 Å². The van der Waals surface area contributed by atoms with Crippen LogP contribution in [-0.4, -0.2) is 36.9 Å². The standard InChI is InChI=1S/C14H19NO3/c1-2-18-13(14(16)17)8-10-15-9-7-11-5-3-4-6-12(11)15/h3-6,13H,2,7-10H2,1H3,(H,16,17). The molecule has 1 aliphatic heterocycles. The Hall–Kier alpha value is -1.55. The van der Waals surface area contributed by atoms with Gasteiger partial charge in [-0.3, -0.25) is 0 Å². The summed E-state index contributed by atoms with van der Waals surface area (Å²) in [5.41, 5.74) is 2.58. The van der Waals surface area contributed by atoms with E-state index < -0.39 is 12.1 Å². The first-order chi connectivity index (χ1) is 8.72. The zero-order valence-corrected chi connectivity index (χ0v) is 10.6. The molecule has 1 atom stereocenters. The lowest BCUT2D eigenvalue weighted by Gasteiger charge is -2.21. The molecule has 1 aromatic carbocycles. The Balaban J connectivity index is 1.93. The molecule has 2 rings (SSSR count). The fourth-order valence-corrected chi connectivity index (χ4v) is 2.39. The Morgan fingerprint density at radius 3 is 3.00 bits per heavy atom. The maximum absolute atomic E-state index is 11.0. The maximum atomic E-state index is 11.0. The first-order valence-electron chi connectivity index (χ1n) is 6.39. The normalized spacial score (nSPS) is 15.5. The number of nitrogens with zero attached hydrogens (tertiary/aromatic N) is 1. The second-order valence-electron chi connectivity index (χ2n) is 4.44. The van der Waals surface area contributed by atoms with Gasteiger partial charge in [-0.05, 0) is 25.0 Å². The quantitative estimate of drug-likeness (QED) is 0.837. The number of hydrogen-bond donors (Lipinski definition) is 1. The average molecular weight is 249 g/mol. The van der Waals surface area contributed by atoms with Crippen LogP contribution >= 0.6 is 0 Å². The Morgan fingerprint density at radius 1 is 1.50 bits per heavy atom. The Kier molecular flexibility index (Phi) is 4.20. The molecular weight excluding hydrogens is 230 g/mol. The van der Waals surface area contributed by atoms with Crippen molar-refractivity contribution >= 4 is 11.7 Å². The molecule has 0 amide bonds. The molecule has 1 aromatic rings. The number of benzene rings is 1. The SMILES string of the molecule is CCOC(CCN1CCc2ccccc21)C(=O)O. The monoisotopic (exact) mass is 249 g/mol. The van der Waals surface area contributed by atoms with Crippen molar-refractivity contribution in [1.82, 2.24) is 0 Å². The van der Waals surface area contributed by atoms with Crippen LogP contribution in [0.3, 0.4) is 0 Å². The Labute approximate surface area is 107 Å². The summed E-state index contributed by atoms with van der Waals surface area (Å²) < 4.78 is 5.22. The van der Waals surface area contributed by atoms with Crippen LogP contribution in [0, 0.1) is 0 Å². The number of anilines is 1. The van der Waals surface area contributed by atoms with E-state index in [1.807, 2.05) is 19.1 Å². The molecule has 18 heavy (non-hydrogen) atoms. The fourth-order valence-electron chi connectivity index (χ4n) is 2.39. The summed E-state index contributed by atoms with van der Waals surface area (Å²) in [6.07, 6.45) is 0.878. The van der Waals surface area contributed by atoms with Gasteiger partial charge in [0.2, 0.25) is 0 Å². The topological polar surface area (TPSA) is 49.8 Å². The van der Waals surface area contributed by atoms with Gasteiger partial charge in [-0.1, -0.05) is 18.2 Å². The van der Waals surface area contributed by atoms with Gasteiger partial charge in [0, 0.05) is 31.8 Å². The van der Waals surface area contributed by atoms with Crippen molar-refractivity contribution in [2.75, 3.05) is 24.6 Å². The predicted octanol–water partition coefficient (Wildman–Crippen LogP) is 1.93. The van der Waals surface area contributed by atoms with E-state index in [4.69, 9.17) is 9.84 Å². The molecule has 1 unspecified atom stereocenters. The van der Waals surface area contributed by atoms with Crippen molar-refractivity contribution in [3.8, 4) is 0 Å². The Morgan fingerprint density at radius 2 is 2.28 bits per heavy atom. The molecule has 0 aromatic heterocycles. The van der Waals surface area contributed by atoms with Gasteiger partial charge in [0.1, 0.15) is 0 Å². The highest BCUT2D eigenvalue weighted by Gasteiger charge is 2.22. The van der Waals surface area contributed by atoms with Crippen molar-refractivity contribution in [2.45, 2.75) is 25.9 Å². The van der Waals surface area contributed by atoms with Crippen molar-refractivity contribution in [3.05, 3.63) is 29.8 Å². The number of carboxylic acid groups (broad SMARTS) is 1. The molecule has 4 heteroatoms. The number of para-hydroxylation sites is 1. The van der Waals surface area contributed by atoms with E-state index in [2.05, 4.69) is 17.0 Å². The summed E-state index contributed by atoms with van der Waals surface area (Å²) in [5, 5.41) is 9.03. The lowest BCUT2D eigenvalue weighted by Crippen LogP contribution is -2.31. The zero-order valence-electron chi connectivity index (χ0n) is 10.6. The van der Waals surface area contributed by atoms with Crippen LogP contribution in [0.15, 0.2) is 24.3 Å². The Bertz CT molecular complexity index is 419. The highest BCUT2D eigenvalue weighted by atomic mass is 16.5. The van der Waals surface area contributed by atoms with Gasteiger partial charge in [-0.25, -0.2) is 4.79 Å². The number of rotatable bonds is 6. The molecule has 0 radical (unpaired) electrons. The molecule has 98 valence electrons. The molecule has 0 saturated heterocycles. The molecular formula is C14H19NO3. The molecule has 0 bridgehead atoms. The lowest BCUT2D eigenvalue weighted by atomic mass is 10.2. The third-order valence-electron chi connectivity index (χ3n) is 3.29. The highest BCUT2D eigenvalue weighted by molar-refractivity contribution is 5.72. The van der Waals surface area contributed by atoms with Crippen LogP contribution in [-0.2, 0) is 16.0 Å². The summed E-state index contributed by atoms with van der Waals surface area (Å²) >= 11 is 0. The second kappa shape index (κ2) is 5.87. The minimum absolute atomic E-state index is 0.438. The number of ether oxygens (including phenoxy) is 1. The van der Waals surface area contributed by atoms with Gasteiger partial charge < -0.3 is 14.7 Å². The highest BCUT2D eigenvalue weighted by Crippen LogP contribution is 2.27. The molecule has 1 heterocycles. The lowest BCUT2D eigenvalue weighted by molar-refractivity contribution is -0.150. The minimum Gasteiger partial charge on any atom is -0.479 e. The first kappa shape index (κ1) is 12.9. The average Bonchev–Trinajstić information content (AvgIpc) is 2.77. The van der Waals surface area contributed by atoms with Crippen LogP contribution in [0.4, 0.5) is 5.69 Å². The maximum Gasteiger partial charge on any atom is 0.332 e. The summed E-state index contributed by atoms with van der Waals surface area (Å²) in [4.78, 5) is 13.2. The molecule has 0 fully saturated rings. The third-order valence-corrected chi connectivity index (χ3v) is 3.29. The number of hydrogen-bond acceptors (Lipinski definition) is 3. The van der Waals surface area contributed by atoms with Crippen molar-refractivity contribution in [1.29, 1.82) is 0 Å². The number of carboxylic acids is 1. The fraction of sp³-hybridized carbons (Fsp3) is 0.500. The van der Waals surface area contributed by atoms with Crippen LogP contribution in [0.2, 0.25) is 0 Å². The predicted molar refractivity (Wildman–Crippen MR) is 70.0 cm³/mol. The summed E-state index contributed by atoms with van der Waals surface area (Å²) in [5.74, 6) is -0.871. The van der Waals surface area contributed by atoms with Gasteiger partial charge in [-0.2, -0.15) is 0 Å². The van der Waals surface area contributed by atoms with Gasteiger partial charge in [-0.15, -0.1) is 0 Å². The molecule has 0 spiro atoms. The third kappa shape index (κ3) is 2.82. The van der Waals surface area contributed by atoms with E-state index >= 15 is 0 Å². The van der Waals surface area contributed by atoms with Gasteiger partial charge in [0.25, 0.3) is 0 Å². The van der Waals surface area contributed by atoms with E-state index in [1.165, 1.54) is 11.3 Å². The minimum atomic E-state index is -0.871. The smallest absolute Gasteiger partial charge is 0.332 e. The van der Waals surface area contributed by atoms with E-state index in [1.54, 1.807) is 0 Å². The van der Waals surface area contributed by atoms with E-state index in [0.29, 0.717) is 13.0 Å². The second-order valence-corrected chi connectivity index (χ2v) is 4.44. The van der Waals surface area contributed by atoms with E-state index in [0.717, 1.165) is 19.5 Å². The van der Waals surface area contributed by atoms with Crippen molar-refractivity contribution < 1.29 is 14.6 Å². The molecule has 1 aliphatic rings. The largest absolute Gasteiger partial charge is 0.479 e. The summed E-state index contributed by atoms with van der Waals surface area (Å²) in [6.45, 7) is 3.96. The number of carbonyl (C=O) groups is 1. The number of fused-ring (bicyclic) bond motifs is 1. The molecule has 4 nitrogen and oxygen atoms in total. The van der Waals surface area contributed by atoms with Crippen LogP contribution in [0.1, 0.15) is 18.9 Å². The van der Waals surface area contributed by atoms with Gasteiger partial charge in [0.15, 0.2) is 6.10 Å². The van der Waals surface area contributed by atoms with Crippen molar-refractivity contribution in [3.63, 3.8) is 0 Å². The van der Waals surface area contributed by atoms with Crippen LogP contribution in [0.5, 0.6) is 0 Å². The molecule has 0 aliphatic carbocycles. The first-order valence-corrected chi connectivity index (χ1v) is 6.39.